The van der Waals surface area contributed by atoms with E-state index in [0.29, 0.717) is 11.8 Å². The predicted molar refractivity (Wildman–Crippen MR) is 93.9 cm³/mol. The summed E-state index contributed by atoms with van der Waals surface area (Å²) in [7, 11) is 3.60. The number of hydrogen-bond acceptors (Lipinski definition) is 4. The minimum absolute atomic E-state index is 0.292. The lowest BCUT2D eigenvalue weighted by Gasteiger charge is -2.37. The molecule has 5 heteroatoms. The number of ether oxygens (including phenoxy) is 1. The van der Waals surface area contributed by atoms with E-state index in [4.69, 9.17) is 4.74 Å². The van der Waals surface area contributed by atoms with E-state index in [-0.39, 0.29) is 5.82 Å². The number of pyridine rings is 1. The number of aromatic nitrogens is 1. The Balaban J connectivity index is 1.54. The highest BCUT2D eigenvalue weighted by Crippen LogP contribution is 2.23. The monoisotopic (exact) mass is 329 g/mol. The van der Waals surface area contributed by atoms with Crippen molar-refractivity contribution < 1.29 is 9.13 Å². The second-order valence-electron chi connectivity index (χ2n) is 6.28. The van der Waals surface area contributed by atoms with Crippen molar-refractivity contribution in [2.45, 2.75) is 25.4 Å². The number of nitrogens with zero attached hydrogens (tertiary/aromatic N) is 3. The molecule has 0 saturated carbocycles. The Morgan fingerprint density at radius 2 is 2.04 bits per heavy atom. The fourth-order valence-corrected chi connectivity index (χ4v) is 3.28. The van der Waals surface area contributed by atoms with Crippen LogP contribution in [0, 0.1) is 5.82 Å². The van der Waals surface area contributed by atoms with E-state index < -0.39 is 0 Å². The number of anilines is 1. The van der Waals surface area contributed by atoms with Gasteiger partial charge in [0.15, 0.2) is 11.6 Å². The van der Waals surface area contributed by atoms with Crippen molar-refractivity contribution in [1.29, 1.82) is 0 Å². The third-order valence-electron chi connectivity index (χ3n) is 4.74. The van der Waals surface area contributed by atoms with E-state index >= 15 is 0 Å². The fourth-order valence-electron chi connectivity index (χ4n) is 3.28. The summed E-state index contributed by atoms with van der Waals surface area (Å²) in [5, 5.41) is 0. The van der Waals surface area contributed by atoms with Crippen LogP contribution in [-0.4, -0.2) is 43.2 Å². The molecule has 1 aromatic carbocycles. The molecular formula is C19H24FN3O. The van der Waals surface area contributed by atoms with Gasteiger partial charge in [-0.15, -0.1) is 0 Å². The van der Waals surface area contributed by atoms with Crippen LogP contribution < -0.4 is 9.64 Å². The first-order valence-corrected chi connectivity index (χ1v) is 8.36. The van der Waals surface area contributed by atoms with E-state index in [1.165, 1.54) is 7.11 Å². The molecule has 0 radical (unpaired) electrons. The molecule has 0 atom stereocenters. The standard InChI is InChI=1S/C19H24FN3O/c1-22(19-5-3-4-10-21-19)16-8-11-23(12-9-16)14-15-6-7-18(24-2)17(20)13-15/h3-7,10,13,16H,8-9,11-12,14H2,1-2H3. The normalized spacial score (nSPS) is 16.1. The van der Waals surface area contributed by atoms with Crippen LogP contribution >= 0.6 is 0 Å². The Morgan fingerprint density at radius 1 is 1.25 bits per heavy atom. The average Bonchev–Trinajstić information content (AvgIpc) is 2.63. The Morgan fingerprint density at radius 3 is 2.67 bits per heavy atom. The van der Waals surface area contributed by atoms with Gasteiger partial charge in [0.25, 0.3) is 0 Å². The third kappa shape index (κ3) is 3.85. The number of benzene rings is 1. The summed E-state index contributed by atoms with van der Waals surface area (Å²) in [6.07, 6.45) is 4.01. The zero-order valence-electron chi connectivity index (χ0n) is 14.3. The highest BCUT2D eigenvalue weighted by Gasteiger charge is 2.23. The number of hydrogen-bond donors (Lipinski definition) is 0. The highest BCUT2D eigenvalue weighted by molar-refractivity contribution is 5.38. The molecule has 4 nitrogen and oxygen atoms in total. The number of rotatable bonds is 5. The second kappa shape index (κ2) is 7.62. The van der Waals surface area contributed by atoms with Crippen molar-refractivity contribution >= 4 is 5.82 Å². The molecule has 2 aromatic rings. The molecule has 0 bridgehead atoms. The molecule has 1 aliphatic rings. The fraction of sp³-hybridized carbons (Fsp3) is 0.421. The Labute approximate surface area is 142 Å². The molecule has 24 heavy (non-hydrogen) atoms. The Hall–Kier alpha value is -2.14. The van der Waals surface area contributed by atoms with Gasteiger partial charge in [-0.05, 0) is 42.7 Å². The van der Waals surface area contributed by atoms with Crippen molar-refractivity contribution in [2.75, 3.05) is 32.1 Å². The van der Waals surface area contributed by atoms with Gasteiger partial charge in [-0.2, -0.15) is 0 Å². The number of likely N-dealkylation sites (tertiary alicyclic amines) is 1. The van der Waals surface area contributed by atoms with Crippen molar-refractivity contribution in [2.24, 2.45) is 0 Å². The average molecular weight is 329 g/mol. The lowest BCUT2D eigenvalue weighted by molar-refractivity contribution is 0.203. The van der Waals surface area contributed by atoms with Gasteiger partial charge in [0.2, 0.25) is 0 Å². The van der Waals surface area contributed by atoms with Gasteiger partial charge in [0, 0.05) is 38.9 Å². The van der Waals surface area contributed by atoms with Crippen LogP contribution in [0.3, 0.4) is 0 Å². The molecule has 1 saturated heterocycles. The molecule has 1 aliphatic heterocycles. The molecule has 1 aromatic heterocycles. The van der Waals surface area contributed by atoms with Gasteiger partial charge in [-0.25, -0.2) is 9.37 Å². The molecule has 0 unspecified atom stereocenters. The van der Waals surface area contributed by atoms with E-state index in [1.54, 1.807) is 12.1 Å². The number of halogens is 1. The SMILES string of the molecule is COc1ccc(CN2CCC(N(C)c3ccccn3)CC2)cc1F. The summed E-state index contributed by atoms with van der Waals surface area (Å²) in [6, 6.07) is 11.7. The van der Waals surface area contributed by atoms with Gasteiger partial charge < -0.3 is 9.64 Å². The first kappa shape index (κ1) is 16.7. The Bertz CT molecular complexity index is 657. The molecule has 128 valence electrons. The summed E-state index contributed by atoms with van der Waals surface area (Å²) < 4.78 is 18.8. The first-order valence-electron chi connectivity index (χ1n) is 8.36. The van der Waals surface area contributed by atoms with E-state index in [2.05, 4.69) is 21.8 Å². The third-order valence-corrected chi connectivity index (χ3v) is 4.74. The zero-order chi connectivity index (χ0) is 16.9. The lowest BCUT2D eigenvalue weighted by Crippen LogP contribution is -2.43. The summed E-state index contributed by atoms with van der Waals surface area (Å²) in [5.41, 5.74) is 0.991. The molecule has 0 N–H and O–H groups in total. The summed E-state index contributed by atoms with van der Waals surface area (Å²) >= 11 is 0. The first-order chi connectivity index (χ1) is 11.7. The molecule has 2 heterocycles. The van der Waals surface area contributed by atoms with Gasteiger partial charge in [0.05, 0.1) is 7.11 Å². The smallest absolute Gasteiger partial charge is 0.165 e. The van der Waals surface area contributed by atoms with Crippen molar-refractivity contribution in [3.05, 3.63) is 54.0 Å². The van der Waals surface area contributed by atoms with Crippen LogP contribution in [0.4, 0.5) is 10.2 Å². The lowest BCUT2D eigenvalue weighted by atomic mass is 10.0. The predicted octanol–water partition coefficient (Wildman–Crippen LogP) is 3.33. The summed E-state index contributed by atoms with van der Waals surface area (Å²) in [4.78, 5) is 9.07. The quantitative estimate of drug-likeness (QED) is 0.841. The summed E-state index contributed by atoms with van der Waals surface area (Å²) in [5.74, 6) is 1.03. The number of methoxy groups -OCH3 is 1. The Kier molecular flexibility index (Phi) is 5.30. The van der Waals surface area contributed by atoms with Crippen molar-refractivity contribution in [3.63, 3.8) is 0 Å². The van der Waals surface area contributed by atoms with Crippen molar-refractivity contribution in [3.8, 4) is 5.75 Å². The van der Waals surface area contributed by atoms with E-state index in [9.17, 15) is 4.39 Å². The van der Waals surface area contributed by atoms with Crippen LogP contribution in [0.25, 0.3) is 0 Å². The minimum Gasteiger partial charge on any atom is -0.494 e. The zero-order valence-corrected chi connectivity index (χ0v) is 14.3. The van der Waals surface area contributed by atoms with Crippen LogP contribution in [-0.2, 0) is 6.54 Å². The molecule has 1 fully saturated rings. The maximum atomic E-state index is 13.8. The van der Waals surface area contributed by atoms with Crippen LogP contribution in [0.2, 0.25) is 0 Å². The molecule has 3 rings (SSSR count). The molecule has 0 amide bonds. The van der Waals surface area contributed by atoms with Gasteiger partial charge >= 0.3 is 0 Å². The summed E-state index contributed by atoms with van der Waals surface area (Å²) in [6.45, 7) is 2.80. The topological polar surface area (TPSA) is 28.6 Å². The van der Waals surface area contributed by atoms with E-state index in [1.807, 2.05) is 30.5 Å². The van der Waals surface area contributed by atoms with Gasteiger partial charge in [-0.1, -0.05) is 12.1 Å². The van der Waals surface area contributed by atoms with Crippen molar-refractivity contribution in [1.82, 2.24) is 9.88 Å². The van der Waals surface area contributed by atoms with Gasteiger partial charge in [0.1, 0.15) is 5.82 Å². The van der Waals surface area contributed by atoms with Gasteiger partial charge in [-0.3, -0.25) is 4.90 Å². The number of piperidine rings is 1. The maximum Gasteiger partial charge on any atom is 0.165 e. The second-order valence-corrected chi connectivity index (χ2v) is 6.28. The minimum atomic E-state index is -0.292. The maximum absolute atomic E-state index is 13.8. The molecular weight excluding hydrogens is 305 g/mol. The van der Waals surface area contributed by atoms with E-state index in [0.717, 1.165) is 43.9 Å². The molecule has 0 spiro atoms. The highest BCUT2D eigenvalue weighted by atomic mass is 19.1. The van der Waals surface area contributed by atoms with Crippen LogP contribution in [0.15, 0.2) is 42.6 Å². The van der Waals surface area contributed by atoms with Crippen LogP contribution in [0.5, 0.6) is 5.75 Å². The molecule has 0 aliphatic carbocycles. The largest absolute Gasteiger partial charge is 0.494 e. The van der Waals surface area contributed by atoms with Crippen LogP contribution in [0.1, 0.15) is 18.4 Å².